The summed E-state index contributed by atoms with van der Waals surface area (Å²) in [7, 11) is 3.20. The summed E-state index contributed by atoms with van der Waals surface area (Å²) in [5.74, 6) is 3.53. The maximum absolute atomic E-state index is 14.5. The number of rotatable bonds is 6. The molecule has 0 aromatic heterocycles. The van der Waals surface area contributed by atoms with Crippen molar-refractivity contribution in [2.45, 2.75) is 85.1 Å². The van der Waals surface area contributed by atoms with Gasteiger partial charge in [-0.25, -0.2) is 0 Å². The topological polar surface area (TPSA) is 55.8 Å². The minimum Gasteiger partial charge on any atom is -0.496 e. The van der Waals surface area contributed by atoms with Crippen LogP contribution in [0.15, 0.2) is 18.2 Å². The van der Waals surface area contributed by atoms with Gasteiger partial charge in [-0.3, -0.25) is 9.59 Å². The molecule has 1 amide bonds. The fraction of sp³-hybridized carbons (Fsp3) is 0.742. The van der Waals surface area contributed by atoms with Gasteiger partial charge in [0, 0.05) is 30.3 Å². The minimum absolute atomic E-state index is 0.0211. The highest BCUT2D eigenvalue weighted by Crippen LogP contribution is 2.67. The minimum atomic E-state index is -0.358. The van der Waals surface area contributed by atoms with Gasteiger partial charge in [-0.2, -0.15) is 0 Å². The Bertz CT molecular complexity index is 1000. The Hall–Kier alpha value is -2.04. The van der Waals surface area contributed by atoms with E-state index >= 15 is 0 Å². The first kappa shape index (κ1) is 25.6. The van der Waals surface area contributed by atoms with Crippen LogP contribution in [0.2, 0.25) is 0 Å². The number of nitrogens with zero attached hydrogens (tertiary/aromatic N) is 1. The zero-order valence-corrected chi connectivity index (χ0v) is 23.1. The highest BCUT2D eigenvalue weighted by atomic mass is 16.5. The standard InChI is InChI=1S/C31H45NO4/c1-7-19-12-14-21-20-13-15-26-31(4,22(20)16-17-30(19,21)3)23(18-27(33)32(26)8-2)29(34)28-24(35-5)10-9-11-25(28)36-6/h9-11,19-23,26H,7-8,12-18H2,1-6H3/t19-,20-,21-,22-,23?,26+,30+,31-/m0/s1. The molecule has 0 spiro atoms. The predicted molar refractivity (Wildman–Crippen MR) is 141 cm³/mol. The summed E-state index contributed by atoms with van der Waals surface area (Å²) < 4.78 is 11.3. The summed E-state index contributed by atoms with van der Waals surface area (Å²) in [5.41, 5.74) is 0.681. The molecule has 4 aliphatic rings. The molecule has 0 bridgehead atoms. The zero-order chi connectivity index (χ0) is 25.8. The molecule has 1 heterocycles. The second-order valence-corrected chi connectivity index (χ2v) is 12.4. The Kier molecular flexibility index (Phi) is 6.66. The van der Waals surface area contributed by atoms with E-state index in [1.807, 2.05) is 18.2 Å². The summed E-state index contributed by atoms with van der Waals surface area (Å²) in [5, 5.41) is 0. The Morgan fingerprint density at radius 1 is 1.00 bits per heavy atom. The van der Waals surface area contributed by atoms with E-state index in [9.17, 15) is 9.59 Å². The van der Waals surface area contributed by atoms with Gasteiger partial charge >= 0.3 is 0 Å². The Balaban J connectivity index is 1.59. The molecule has 8 atom stereocenters. The number of amides is 1. The van der Waals surface area contributed by atoms with Crippen molar-refractivity contribution < 1.29 is 19.1 Å². The lowest BCUT2D eigenvalue weighted by molar-refractivity contribution is -0.169. The van der Waals surface area contributed by atoms with Crippen LogP contribution in [0.1, 0.15) is 89.4 Å². The molecular weight excluding hydrogens is 450 g/mol. The van der Waals surface area contributed by atoms with Crippen molar-refractivity contribution in [3.63, 3.8) is 0 Å². The molecular formula is C31H45NO4. The number of likely N-dealkylation sites (tertiary alicyclic amines) is 1. The molecule has 1 unspecified atom stereocenters. The van der Waals surface area contributed by atoms with Gasteiger partial charge in [-0.1, -0.05) is 33.3 Å². The first-order valence-corrected chi connectivity index (χ1v) is 14.3. The van der Waals surface area contributed by atoms with E-state index in [2.05, 4.69) is 32.6 Å². The fourth-order valence-corrected chi connectivity index (χ4v) is 9.86. The molecule has 198 valence electrons. The van der Waals surface area contributed by atoms with Crippen molar-refractivity contribution >= 4 is 11.7 Å². The van der Waals surface area contributed by atoms with Crippen LogP contribution in [0.5, 0.6) is 11.5 Å². The van der Waals surface area contributed by atoms with Crippen LogP contribution >= 0.6 is 0 Å². The highest BCUT2D eigenvalue weighted by molar-refractivity contribution is 6.05. The number of fused-ring (bicyclic) bond motifs is 5. The van der Waals surface area contributed by atoms with Crippen LogP contribution in [-0.2, 0) is 4.79 Å². The summed E-state index contributed by atoms with van der Waals surface area (Å²) in [6, 6.07) is 5.63. The molecule has 1 aromatic carbocycles. The monoisotopic (exact) mass is 495 g/mol. The number of methoxy groups -OCH3 is 2. The molecule has 5 nitrogen and oxygen atoms in total. The molecule has 0 N–H and O–H groups in total. The summed E-state index contributed by atoms with van der Waals surface area (Å²) in [6.45, 7) is 10.1. The fourth-order valence-electron chi connectivity index (χ4n) is 9.86. The smallest absolute Gasteiger partial charge is 0.223 e. The third-order valence-corrected chi connectivity index (χ3v) is 11.6. The molecule has 36 heavy (non-hydrogen) atoms. The van der Waals surface area contributed by atoms with Crippen LogP contribution in [0.4, 0.5) is 0 Å². The molecule has 3 aliphatic carbocycles. The van der Waals surface area contributed by atoms with Gasteiger partial charge in [0.25, 0.3) is 0 Å². The van der Waals surface area contributed by atoms with Crippen LogP contribution in [0, 0.1) is 40.4 Å². The number of carbonyl (C=O) groups excluding carboxylic acids is 2. The highest BCUT2D eigenvalue weighted by Gasteiger charge is 2.64. The summed E-state index contributed by atoms with van der Waals surface area (Å²) in [4.78, 5) is 30.1. The number of hydrogen-bond acceptors (Lipinski definition) is 4. The molecule has 5 rings (SSSR count). The average Bonchev–Trinajstić information content (AvgIpc) is 3.23. The van der Waals surface area contributed by atoms with E-state index in [-0.39, 0.29) is 35.5 Å². The lowest BCUT2D eigenvalue weighted by Gasteiger charge is -2.64. The van der Waals surface area contributed by atoms with Crippen molar-refractivity contribution in [3.05, 3.63) is 23.8 Å². The quantitative estimate of drug-likeness (QED) is 0.429. The average molecular weight is 496 g/mol. The molecule has 1 aliphatic heterocycles. The van der Waals surface area contributed by atoms with E-state index in [0.29, 0.717) is 40.9 Å². The van der Waals surface area contributed by atoms with Crippen LogP contribution in [0.3, 0.4) is 0 Å². The van der Waals surface area contributed by atoms with Gasteiger partial charge in [-0.05, 0) is 86.7 Å². The second kappa shape index (κ2) is 9.36. The number of piperidine rings is 1. The lowest BCUT2D eigenvalue weighted by atomic mass is 9.44. The Labute approximate surface area is 217 Å². The van der Waals surface area contributed by atoms with Gasteiger partial charge in [0.15, 0.2) is 5.78 Å². The second-order valence-electron chi connectivity index (χ2n) is 12.4. The number of hydrogen-bond donors (Lipinski definition) is 0. The maximum atomic E-state index is 14.5. The number of benzene rings is 1. The molecule has 4 fully saturated rings. The van der Waals surface area contributed by atoms with Gasteiger partial charge < -0.3 is 14.4 Å². The van der Waals surface area contributed by atoms with Crippen LogP contribution in [0.25, 0.3) is 0 Å². The van der Waals surface area contributed by atoms with Crippen molar-refractivity contribution in [2.75, 3.05) is 20.8 Å². The van der Waals surface area contributed by atoms with E-state index < -0.39 is 0 Å². The molecule has 3 saturated carbocycles. The van der Waals surface area contributed by atoms with Crippen molar-refractivity contribution in [2.24, 2.45) is 40.4 Å². The number of Topliss-reactive ketones (excluding diaryl/α,β-unsaturated/α-hetero) is 1. The van der Waals surface area contributed by atoms with Gasteiger partial charge in [0.1, 0.15) is 17.1 Å². The Morgan fingerprint density at radius 3 is 2.31 bits per heavy atom. The number of carbonyl (C=O) groups is 2. The first-order chi connectivity index (χ1) is 17.3. The largest absolute Gasteiger partial charge is 0.496 e. The SMILES string of the molecule is CC[C@H]1CC[C@H]2[C@@H]3CC[C@H]4N(CC)C(=O)CC(C(=O)c5c(OC)cccc5OC)[C@]4(C)[C@H]3CC[C@]12C. The van der Waals surface area contributed by atoms with Gasteiger partial charge in [0.2, 0.25) is 5.91 Å². The van der Waals surface area contributed by atoms with E-state index in [4.69, 9.17) is 9.47 Å². The predicted octanol–water partition coefficient (Wildman–Crippen LogP) is 6.39. The number of ether oxygens (including phenoxy) is 2. The third-order valence-electron chi connectivity index (χ3n) is 11.6. The first-order valence-electron chi connectivity index (χ1n) is 14.3. The van der Waals surface area contributed by atoms with E-state index in [1.165, 1.54) is 38.5 Å². The normalized spacial score (nSPS) is 39.7. The maximum Gasteiger partial charge on any atom is 0.223 e. The molecule has 1 saturated heterocycles. The Morgan fingerprint density at radius 2 is 1.69 bits per heavy atom. The molecule has 0 radical (unpaired) electrons. The number of ketones is 1. The lowest BCUT2D eigenvalue weighted by Crippen LogP contribution is -2.66. The van der Waals surface area contributed by atoms with E-state index in [0.717, 1.165) is 18.3 Å². The molecule has 1 aromatic rings. The third kappa shape index (κ3) is 3.47. The van der Waals surface area contributed by atoms with Gasteiger partial charge in [0.05, 0.1) is 14.2 Å². The van der Waals surface area contributed by atoms with Crippen molar-refractivity contribution in [3.8, 4) is 11.5 Å². The van der Waals surface area contributed by atoms with Crippen LogP contribution < -0.4 is 9.47 Å². The van der Waals surface area contributed by atoms with Crippen LogP contribution in [-0.4, -0.2) is 43.4 Å². The summed E-state index contributed by atoms with van der Waals surface area (Å²) >= 11 is 0. The summed E-state index contributed by atoms with van der Waals surface area (Å²) in [6.07, 6.45) is 8.84. The zero-order valence-electron chi connectivity index (χ0n) is 23.1. The van der Waals surface area contributed by atoms with Gasteiger partial charge in [-0.15, -0.1) is 0 Å². The van der Waals surface area contributed by atoms with Crippen molar-refractivity contribution in [1.82, 2.24) is 4.90 Å². The van der Waals surface area contributed by atoms with Crippen molar-refractivity contribution in [1.29, 1.82) is 0 Å². The molecule has 5 heteroatoms. The van der Waals surface area contributed by atoms with E-state index in [1.54, 1.807) is 14.2 Å².